The first-order valence-electron chi connectivity index (χ1n) is 11.0. The van der Waals surface area contributed by atoms with Crippen molar-refractivity contribution in [2.75, 3.05) is 0 Å². The largest absolute Gasteiger partial charge is 0.507 e. The Bertz CT molecular complexity index is 1390. The summed E-state index contributed by atoms with van der Waals surface area (Å²) >= 11 is 0. The van der Waals surface area contributed by atoms with Crippen molar-refractivity contribution in [1.29, 1.82) is 0 Å². The van der Waals surface area contributed by atoms with Crippen molar-refractivity contribution in [2.45, 2.75) is 12.8 Å². The maximum absolute atomic E-state index is 10.5. The molecule has 0 aliphatic carbocycles. The standard InChI is InChI=1S/C30H23N2O.Pt/c1-21(22-10-3-2-4-11-22)25-19-28(32-29(20-25)26-14-5-6-16-30(26)33)24-13-9-12-23(18-24)27-15-7-8-17-31-27;/h2-17,19-21,33H,1H3;/q-1;. The molecule has 1 unspecified atom stereocenters. The van der Waals surface area contributed by atoms with Crippen molar-refractivity contribution in [3.63, 3.8) is 0 Å². The second kappa shape index (κ2) is 10.6. The van der Waals surface area contributed by atoms with Crippen molar-refractivity contribution in [1.82, 2.24) is 9.97 Å². The van der Waals surface area contributed by atoms with Gasteiger partial charge in [-0.05, 0) is 35.4 Å². The second-order valence-electron chi connectivity index (χ2n) is 8.01. The molecular weight excluding hydrogens is 599 g/mol. The van der Waals surface area contributed by atoms with Gasteiger partial charge in [0.25, 0.3) is 0 Å². The molecule has 2 heterocycles. The van der Waals surface area contributed by atoms with E-state index in [0.717, 1.165) is 33.8 Å². The first-order valence-corrected chi connectivity index (χ1v) is 11.0. The van der Waals surface area contributed by atoms with Crippen LogP contribution in [-0.2, 0) is 21.1 Å². The third kappa shape index (κ3) is 5.00. The summed E-state index contributed by atoms with van der Waals surface area (Å²) in [4.78, 5) is 9.40. The first kappa shape index (κ1) is 23.6. The Morgan fingerprint density at radius 3 is 2.09 bits per heavy atom. The van der Waals surface area contributed by atoms with Gasteiger partial charge in [0.15, 0.2) is 0 Å². The number of para-hydroxylation sites is 1. The van der Waals surface area contributed by atoms with Crippen LogP contribution in [0.25, 0.3) is 33.8 Å². The molecule has 0 saturated heterocycles. The van der Waals surface area contributed by atoms with Crippen LogP contribution in [0.5, 0.6) is 5.75 Å². The van der Waals surface area contributed by atoms with Crippen LogP contribution in [0, 0.1) is 6.07 Å². The van der Waals surface area contributed by atoms with E-state index in [1.54, 1.807) is 12.3 Å². The van der Waals surface area contributed by atoms with Gasteiger partial charge in [-0.2, -0.15) is 0 Å². The average Bonchev–Trinajstić information content (AvgIpc) is 2.89. The summed E-state index contributed by atoms with van der Waals surface area (Å²) in [6, 6.07) is 37.3. The summed E-state index contributed by atoms with van der Waals surface area (Å²) in [5.74, 6) is 0.378. The van der Waals surface area contributed by atoms with Crippen molar-refractivity contribution in [2.24, 2.45) is 0 Å². The molecule has 5 rings (SSSR count). The minimum Gasteiger partial charge on any atom is -0.507 e. The number of aromatic hydroxyl groups is 1. The van der Waals surface area contributed by atoms with Crippen molar-refractivity contribution in [3.8, 4) is 39.5 Å². The van der Waals surface area contributed by atoms with Crippen LogP contribution in [0.1, 0.15) is 24.0 Å². The van der Waals surface area contributed by atoms with E-state index < -0.39 is 0 Å². The molecule has 0 saturated carbocycles. The Balaban J connectivity index is 0.00000274. The zero-order valence-corrected chi connectivity index (χ0v) is 20.9. The van der Waals surface area contributed by atoms with Gasteiger partial charge in [-0.15, -0.1) is 24.3 Å². The number of aromatic nitrogens is 2. The minimum absolute atomic E-state index is 0. The van der Waals surface area contributed by atoms with E-state index >= 15 is 0 Å². The molecule has 3 nitrogen and oxygen atoms in total. The molecule has 34 heavy (non-hydrogen) atoms. The van der Waals surface area contributed by atoms with Crippen LogP contribution in [0.2, 0.25) is 0 Å². The molecule has 0 aliphatic heterocycles. The van der Waals surface area contributed by atoms with Gasteiger partial charge in [0, 0.05) is 50.1 Å². The third-order valence-corrected chi connectivity index (χ3v) is 5.84. The maximum atomic E-state index is 10.5. The summed E-state index contributed by atoms with van der Waals surface area (Å²) in [5.41, 5.74) is 7.28. The number of rotatable bonds is 5. The number of hydrogen-bond donors (Lipinski definition) is 1. The molecule has 1 N–H and O–H groups in total. The van der Waals surface area contributed by atoms with Crippen LogP contribution in [-0.4, -0.2) is 15.1 Å². The van der Waals surface area contributed by atoms with Gasteiger partial charge in [0.2, 0.25) is 0 Å². The maximum Gasteiger partial charge on any atom is 0.124 e. The van der Waals surface area contributed by atoms with Crippen LogP contribution in [0.4, 0.5) is 0 Å². The molecular formula is C30H23N2OPt-. The summed E-state index contributed by atoms with van der Waals surface area (Å²) in [5, 5.41) is 10.5. The number of hydrogen-bond acceptors (Lipinski definition) is 3. The first-order chi connectivity index (χ1) is 16.2. The van der Waals surface area contributed by atoms with Crippen LogP contribution < -0.4 is 0 Å². The van der Waals surface area contributed by atoms with E-state index in [0.29, 0.717) is 5.56 Å². The summed E-state index contributed by atoms with van der Waals surface area (Å²) in [7, 11) is 0. The number of phenolic OH excluding ortho intramolecular Hbond substituents is 1. The number of nitrogens with zero attached hydrogens (tertiary/aromatic N) is 2. The van der Waals surface area contributed by atoms with Crippen LogP contribution in [0.3, 0.4) is 0 Å². The monoisotopic (exact) mass is 622 g/mol. The van der Waals surface area contributed by atoms with Gasteiger partial charge in [-0.1, -0.05) is 78.7 Å². The minimum atomic E-state index is 0. The fourth-order valence-electron chi connectivity index (χ4n) is 3.99. The van der Waals surface area contributed by atoms with Crippen molar-refractivity contribution in [3.05, 3.63) is 127 Å². The Labute approximate surface area is 214 Å². The second-order valence-corrected chi connectivity index (χ2v) is 8.01. The summed E-state index contributed by atoms with van der Waals surface area (Å²) in [6.07, 6.45) is 1.78. The molecule has 0 amide bonds. The Hall–Kier alpha value is -3.55. The molecule has 0 spiro atoms. The average molecular weight is 623 g/mol. The third-order valence-electron chi connectivity index (χ3n) is 5.84. The molecule has 0 radical (unpaired) electrons. The van der Waals surface area contributed by atoms with Crippen LogP contribution in [0.15, 0.2) is 109 Å². The smallest absolute Gasteiger partial charge is 0.124 e. The van der Waals surface area contributed by atoms with Crippen LogP contribution >= 0.6 is 0 Å². The normalized spacial score (nSPS) is 11.4. The number of pyridine rings is 2. The van der Waals surface area contributed by atoms with E-state index in [1.807, 2.05) is 60.7 Å². The molecule has 0 bridgehead atoms. The fourth-order valence-corrected chi connectivity index (χ4v) is 3.99. The predicted octanol–water partition coefficient (Wildman–Crippen LogP) is 7.13. The van der Waals surface area contributed by atoms with E-state index in [1.165, 1.54) is 5.56 Å². The van der Waals surface area contributed by atoms with E-state index in [-0.39, 0.29) is 32.7 Å². The fraction of sp³-hybridized carbons (Fsp3) is 0.0667. The molecule has 1 atom stereocenters. The Kier molecular flexibility index (Phi) is 7.35. The zero-order valence-electron chi connectivity index (χ0n) is 18.6. The Morgan fingerprint density at radius 1 is 0.676 bits per heavy atom. The van der Waals surface area contributed by atoms with E-state index in [4.69, 9.17) is 4.98 Å². The summed E-state index contributed by atoms with van der Waals surface area (Å²) in [6.45, 7) is 2.19. The van der Waals surface area contributed by atoms with Gasteiger partial charge >= 0.3 is 0 Å². The SMILES string of the molecule is CC(c1ccccc1)c1cc(-c2[c-]c(-c3ccccn3)ccc2)nc(-c2ccccc2O)c1.[Pt]. The van der Waals surface area contributed by atoms with E-state index in [2.05, 4.69) is 54.4 Å². The predicted molar refractivity (Wildman–Crippen MR) is 133 cm³/mol. The zero-order chi connectivity index (χ0) is 22.6. The number of phenols is 1. The molecule has 3 aromatic carbocycles. The van der Waals surface area contributed by atoms with Crippen molar-refractivity contribution < 1.29 is 26.2 Å². The number of benzene rings is 3. The van der Waals surface area contributed by atoms with Gasteiger partial charge in [0.1, 0.15) is 5.75 Å². The topological polar surface area (TPSA) is 46.0 Å². The van der Waals surface area contributed by atoms with Gasteiger partial charge in [-0.25, -0.2) is 0 Å². The molecule has 170 valence electrons. The molecule has 2 aromatic heterocycles. The quantitative estimate of drug-likeness (QED) is 0.212. The molecule has 0 fully saturated rings. The van der Waals surface area contributed by atoms with Crippen molar-refractivity contribution >= 4 is 0 Å². The Morgan fingerprint density at radius 2 is 1.35 bits per heavy atom. The van der Waals surface area contributed by atoms with Gasteiger partial charge < -0.3 is 5.11 Å². The molecule has 5 aromatic rings. The van der Waals surface area contributed by atoms with E-state index in [9.17, 15) is 5.11 Å². The molecule has 4 heteroatoms. The van der Waals surface area contributed by atoms with Gasteiger partial charge in [0.05, 0.1) is 5.69 Å². The summed E-state index contributed by atoms with van der Waals surface area (Å²) < 4.78 is 0. The van der Waals surface area contributed by atoms with Gasteiger partial charge in [-0.3, -0.25) is 9.97 Å². The molecule has 0 aliphatic rings.